The lowest BCUT2D eigenvalue weighted by molar-refractivity contribution is -0.130. The number of rotatable bonds is 3. The molecule has 3 fully saturated rings. The van der Waals surface area contributed by atoms with Gasteiger partial charge < -0.3 is 20.9 Å². The molecule has 0 unspecified atom stereocenters. The van der Waals surface area contributed by atoms with Crippen LogP contribution in [0.4, 0.5) is 0 Å². The third-order valence-electron chi connectivity index (χ3n) is 6.58. The summed E-state index contributed by atoms with van der Waals surface area (Å²) in [6.07, 6.45) is 6.00. The second kappa shape index (κ2) is 10.0. The van der Waals surface area contributed by atoms with E-state index in [1.165, 1.54) is 0 Å². The van der Waals surface area contributed by atoms with E-state index < -0.39 is 0 Å². The standard InChI is InChI=1S/C14H24N4O.C7H16N2/c1-14(6-9-17(3)10-7-14)16-11-13(19)18-8-4-5-12(18)15-2;1-7(8)3-5-9(2)6-4-7/h12,16H,4-11H2,1,3H3;3-6,8H2,1-2H3/t12-;/m0./s1. The van der Waals surface area contributed by atoms with E-state index in [1.54, 1.807) is 4.90 Å². The van der Waals surface area contributed by atoms with E-state index in [-0.39, 0.29) is 23.2 Å². The summed E-state index contributed by atoms with van der Waals surface area (Å²) in [7, 11) is 4.28. The van der Waals surface area contributed by atoms with Crippen LogP contribution in [0.2, 0.25) is 0 Å². The van der Waals surface area contributed by atoms with Gasteiger partial charge in [-0.2, -0.15) is 0 Å². The molecule has 160 valence electrons. The molecule has 0 aromatic rings. The molecular formula is C21H40N6O. The van der Waals surface area contributed by atoms with Crippen LogP contribution in [0.1, 0.15) is 52.4 Å². The first-order valence-corrected chi connectivity index (χ1v) is 10.7. The monoisotopic (exact) mass is 392 g/mol. The third kappa shape index (κ3) is 7.00. The van der Waals surface area contributed by atoms with Crippen molar-refractivity contribution in [2.45, 2.75) is 69.6 Å². The van der Waals surface area contributed by atoms with E-state index >= 15 is 0 Å². The Balaban J connectivity index is 0.000000261. The van der Waals surface area contributed by atoms with Crippen LogP contribution in [0.15, 0.2) is 0 Å². The van der Waals surface area contributed by atoms with E-state index in [0.29, 0.717) is 6.54 Å². The smallest absolute Gasteiger partial charge is 0.300 e. The van der Waals surface area contributed by atoms with Crippen molar-refractivity contribution in [3.63, 3.8) is 0 Å². The van der Waals surface area contributed by atoms with Crippen LogP contribution < -0.4 is 11.1 Å². The maximum atomic E-state index is 12.2. The van der Waals surface area contributed by atoms with Crippen molar-refractivity contribution in [2.24, 2.45) is 5.73 Å². The maximum Gasteiger partial charge on any atom is 0.300 e. The number of carbonyl (C=O) groups excluding carboxylic acids is 1. The minimum Gasteiger partial charge on any atom is -0.325 e. The Morgan fingerprint density at radius 1 is 1.07 bits per heavy atom. The summed E-state index contributed by atoms with van der Waals surface area (Å²) < 4.78 is 0. The second-order valence-corrected chi connectivity index (χ2v) is 9.51. The van der Waals surface area contributed by atoms with Gasteiger partial charge >= 0.3 is 6.17 Å². The van der Waals surface area contributed by atoms with Gasteiger partial charge in [0, 0.05) is 24.0 Å². The SMILES string of the molecule is CN1CCC(C)(N)CC1.[C-]#[N+][C@@H]1CCCN1C(=O)CNC1(C)CCN(C)CC1. The number of carbonyl (C=O) groups is 1. The van der Waals surface area contributed by atoms with Gasteiger partial charge in [0.25, 0.3) is 0 Å². The Hall–Kier alpha value is -1.20. The van der Waals surface area contributed by atoms with Gasteiger partial charge in [-0.05, 0) is 86.2 Å². The van der Waals surface area contributed by atoms with Crippen LogP contribution >= 0.6 is 0 Å². The highest BCUT2D eigenvalue weighted by molar-refractivity contribution is 5.79. The van der Waals surface area contributed by atoms with Crippen molar-refractivity contribution < 1.29 is 4.79 Å². The van der Waals surface area contributed by atoms with Crippen LogP contribution in [-0.4, -0.2) is 91.2 Å². The highest BCUT2D eigenvalue weighted by atomic mass is 16.2. The van der Waals surface area contributed by atoms with E-state index in [9.17, 15) is 4.79 Å². The van der Waals surface area contributed by atoms with E-state index in [0.717, 1.165) is 71.2 Å². The first-order valence-electron chi connectivity index (χ1n) is 10.7. The molecule has 3 heterocycles. The van der Waals surface area contributed by atoms with E-state index in [2.05, 4.69) is 47.9 Å². The van der Waals surface area contributed by atoms with E-state index in [1.807, 2.05) is 0 Å². The normalized spacial score (nSPS) is 27.6. The van der Waals surface area contributed by atoms with Gasteiger partial charge in [-0.3, -0.25) is 14.5 Å². The number of amides is 1. The average Bonchev–Trinajstić information content (AvgIpc) is 3.15. The zero-order chi connectivity index (χ0) is 20.8. The lowest BCUT2D eigenvalue weighted by Gasteiger charge is -2.38. The van der Waals surface area contributed by atoms with E-state index in [4.69, 9.17) is 12.3 Å². The molecule has 0 bridgehead atoms. The van der Waals surface area contributed by atoms with Gasteiger partial charge in [0.1, 0.15) is 0 Å². The molecule has 0 spiro atoms. The largest absolute Gasteiger partial charge is 0.325 e. The van der Waals surface area contributed by atoms with Crippen LogP contribution in [-0.2, 0) is 4.79 Å². The van der Waals surface area contributed by atoms with Crippen molar-refractivity contribution in [1.82, 2.24) is 20.0 Å². The molecule has 3 N–H and O–H groups in total. The molecule has 3 rings (SSSR count). The topological polar surface area (TPSA) is 69.2 Å². The summed E-state index contributed by atoms with van der Waals surface area (Å²) in [5.74, 6) is 0.0821. The number of nitrogens with one attached hydrogen (secondary N) is 1. The fourth-order valence-electron chi connectivity index (χ4n) is 3.98. The van der Waals surface area contributed by atoms with Gasteiger partial charge in [0.15, 0.2) is 0 Å². The predicted molar refractivity (Wildman–Crippen MR) is 114 cm³/mol. The summed E-state index contributed by atoms with van der Waals surface area (Å²) in [6.45, 7) is 17.0. The first kappa shape index (κ1) is 23.1. The number of likely N-dealkylation sites (tertiary alicyclic amines) is 3. The van der Waals surface area contributed by atoms with Crippen molar-refractivity contribution in [3.8, 4) is 0 Å². The van der Waals surface area contributed by atoms with Gasteiger partial charge in [0.05, 0.1) is 6.54 Å². The molecule has 7 nitrogen and oxygen atoms in total. The third-order valence-corrected chi connectivity index (χ3v) is 6.58. The predicted octanol–water partition coefficient (Wildman–Crippen LogP) is 1.36. The molecule has 1 atom stereocenters. The van der Waals surface area contributed by atoms with Crippen molar-refractivity contribution in [1.29, 1.82) is 0 Å². The Kier molecular flexibility index (Phi) is 8.26. The Morgan fingerprint density at radius 3 is 2.11 bits per heavy atom. The molecule has 0 aliphatic carbocycles. The zero-order valence-electron chi connectivity index (χ0n) is 18.3. The highest BCUT2D eigenvalue weighted by Crippen LogP contribution is 2.22. The summed E-state index contributed by atoms with van der Waals surface area (Å²) in [6, 6.07) is 0. The quantitative estimate of drug-likeness (QED) is 0.710. The van der Waals surface area contributed by atoms with Gasteiger partial charge in [-0.1, -0.05) is 0 Å². The molecule has 0 saturated carbocycles. The van der Waals surface area contributed by atoms with Gasteiger partial charge in [0.2, 0.25) is 5.91 Å². The molecule has 28 heavy (non-hydrogen) atoms. The minimum absolute atomic E-state index is 0.0650. The second-order valence-electron chi connectivity index (χ2n) is 9.51. The van der Waals surface area contributed by atoms with Crippen LogP contribution in [0, 0.1) is 6.57 Å². The molecule has 3 aliphatic rings. The number of nitrogens with zero attached hydrogens (tertiary/aromatic N) is 4. The van der Waals surface area contributed by atoms with Gasteiger partial charge in [-0.15, -0.1) is 0 Å². The molecule has 1 amide bonds. The van der Waals surface area contributed by atoms with Crippen LogP contribution in [0.5, 0.6) is 0 Å². The lowest BCUT2D eigenvalue weighted by atomic mass is 9.90. The van der Waals surface area contributed by atoms with Crippen LogP contribution in [0.3, 0.4) is 0 Å². The molecule has 3 aliphatic heterocycles. The molecule has 0 radical (unpaired) electrons. The average molecular weight is 393 g/mol. The van der Waals surface area contributed by atoms with Crippen molar-refractivity contribution in [2.75, 3.05) is 53.4 Å². The summed E-state index contributed by atoms with van der Waals surface area (Å²) in [5, 5.41) is 3.42. The van der Waals surface area contributed by atoms with Crippen molar-refractivity contribution in [3.05, 3.63) is 11.4 Å². The summed E-state index contributed by atoms with van der Waals surface area (Å²) in [4.78, 5) is 22.1. The fraction of sp³-hybridized carbons (Fsp3) is 0.905. The Morgan fingerprint density at radius 2 is 1.61 bits per heavy atom. The zero-order valence-corrected chi connectivity index (χ0v) is 18.3. The van der Waals surface area contributed by atoms with Gasteiger partial charge in [-0.25, -0.2) is 6.57 Å². The number of hydrogen-bond acceptors (Lipinski definition) is 5. The number of piperidine rings is 2. The Labute approximate surface area is 171 Å². The summed E-state index contributed by atoms with van der Waals surface area (Å²) in [5.41, 5.74) is 6.10. The minimum atomic E-state index is -0.223. The first-order chi connectivity index (χ1) is 13.1. The number of nitrogens with two attached hydrogens (primary N) is 1. The number of hydrogen-bond donors (Lipinski definition) is 2. The van der Waals surface area contributed by atoms with Crippen molar-refractivity contribution >= 4 is 5.91 Å². The molecule has 0 aromatic heterocycles. The lowest BCUT2D eigenvalue weighted by Crippen LogP contribution is -2.53. The fourth-order valence-corrected chi connectivity index (χ4v) is 3.98. The molecule has 0 aromatic carbocycles. The van der Waals surface area contributed by atoms with Crippen LogP contribution in [0.25, 0.3) is 4.85 Å². The highest BCUT2D eigenvalue weighted by Gasteiger charge is 2.34. The molecular weight excluding hydrogens is 352 g/mol. The molecule has 7 heteroatoms. The Bertz CT molecular complexity index is 540. The molecule has 3 saturated heterocycles. The maximum absolute atomic E-state index is 12.2. The summed E-state index contributed by atoms with van der Waals surface area (Å²) >= 11 is 0.